The molecule has 2 aromatic rings. The van der Waals surface area contributed by atoms with E-state index in [1.54, 1.807) is 17.9 Å². The van der Waals surface area contributed by atoms with Crippen molar-refractivity contribution >= 4 is 16.9 Å². The summed E-state index contributed by atoms with van der Waals surface area (Å²) in [4.78, 5) is 11.1. The molecule has 5 heteroatoms. The van der Waals surface area contributed by atoms with E-state index in [1.165, 1.54) is 0 Å². The number of methoxy groups -OCH3 is 1. The summed E-state index contributed by atoms with van der Waals surface area (Å²) in [7, 11) is 1.64. The van der Waals surface area contributed by atoms with Crippen LogP contribution in [0.4, 0.5) is 0 Å². The third-order valence-electron chi connectivity index (χ3n) is 2.58. The molecule has 0 fully saturated rings. The largest absolute Gasteiger partial charge is 0.476 e. The number of fused-ring (bicyclic) bond motifs is 1. The van der Waals surface area contributed by atoms with Crippen molar-refractivity contribution in [1.29, 1.82) is 0 Å². The molecule has 1 N–H and O–H groups in total. The van der Waals surface area contributed by atoms with E-state index in [2.05, 4.69) is 5.10 Å². The molecule has 17 heavy (non-hydrogen) atoms. The van der Waals surface area contributed by atoms with Crippen LogP contribution in [0, 0.1) is 0 Å². The van der Waals surface area contributed by atoms with Crippen LogP contribution in [0.25, 0.3) is 10.9 Å². The zero-order valence-corrected chi connectivity index (χ0v) is 9.59. The summed E-state index contributed by atoms with van der Waals surface area (Å²) in [6.45, 7) is 1.29. The number of nitrogens with zero attached hydrogens (tertiary/aromatic N) is 2. The molecule has 0 aliphatic carbocycles. The van der Waals surface area contributed by atoms with Gasteiger partial charge in [-0.2, -0.15) is 5.10 Å². The highest BCUT2D eigenvalue weighted by Crippen LogP contribution is 2.18. The van der Waals surface area contributed by atoms with Gasteiger partial charge in [-0.05, 0) is 12.5 Å². The van der Waals surface area contributed by atoms with Gasteiger partial charge in [0.15, 0.2) is 5.69 Å². The molecule has 0 radical (unpaired) electrons. The predicted octanol–water partition coefficient (Wildman–Crippen LogP) is 1.77. The zero-order chi connectivity index (χ0) is 12.3. The van der Waals surface area contributed by atoms with Crippen LogP contribution in [0.3, 0.4) is 0 Å². The lowest BCUT2D eigenvalue weighted by Gasteiger charge is -2.02. The fourth-order valence-corrected chi connectivity index (χ4v) is 1.81. The quantitative estimate of drug-likeness (QED) is 0.801. The third kappa shape index (κ3) is 2.29. The van der Waals surface area contributed by atoms with Crippen LogP contribution in [-0.4, -0.2) is 34.6 Å². The number of aryl methyl sites for hydroxylation is 1. The van der Waals surface area contributed by atoms with E-state index in [9.17, 15) is 4.79 Å². The first-order valence-electron chi connectivity index (χ1n) is 5.42. The summed E-state index contributed by atoms with van der Waals surface area (Å²) in [5, 5.41) is 13.9. The smallest absolute Gasteiger partial charge is 0.357 e. The molecule has 0 spiro atoms. The highest BCUT2D eigenvalue weighted by atomic mass is 16.5. The average molecular weight is 234 g/mol. The Kier molecular flexibility index (Phi) is 3.39. The van der Waals surface area contributed by atoms with Crippen LogP contribution >= 0.6 is 0 Å². The average Bonchev–Trinajstić information content (AvgIpc) is 2.69. The van der Waals surface area contributed by atoms with Gasteiger partial charge < -0.3 is 9.84 Å². The van der Waals surface area contributed by atoms with Gasteiger partial charge in [0.1, 0.15) is 0 Å². The minimum absolute atomic E-state index is 0.109. The van der Waals surface area contributed by atoms with Crippen molar-refractivity contribution in [3.05, 3.63) is 30.0 Å². The van der Waals surface area contributed by atoms with Crippen molar-refractivity contribution in [1.82, 2.24) is 9.78 Å². The molecule has 1 heterocycles. The van der Waals surface area contributed by atoms with Gasteiger partial charge in [0.2, 0.25) is 0 Å². The molecule has 0 unspecified atom stereocenters. The Morgan fingerprint density at radius 1 is 1.47 bits per heavy atom. The van der Waals surface area contributed by atoms with Crippen LogP contribution in [0.15, 0.2) is 24.3 Å². The van der Waals surface area contributed by atoms with Crippen LogP contribution in [0.5, 0.6) is 0 Å². The van der Waals surface area contributed by atoms with Crippen molar-refractivity contribution in [2.24, 2.45) is 0 Å². The maximum Gasteiger partial charge on any atom is 0.357 e. The van der Waals surface area contributed by atoms with E-state index in [0.717, 1.165) is 11.9 Å². The van der Waals surface area contributed by atoms with E-state index in [4.69, 9.17) is 9.84 Å². The SMILES string of the molecule is COCCCn1nc(C(=O)O)c2ccccc21. The summed E-state index contributed by atoms with van der Waals surface area (Å²) in [6, 6.07) is 7.35. The van der Waals surface area contributed by atoms with E-state index >= 15 is 0 Å². The molecule has 2 rings (SSSR count). The van der Waals surface area contributed by atoms with Crippen LogP contribution in [-0.2, 0) is 11.3 Å². The number of para-hydroxylation sites is 1. The monoisotopic (exact) mass is 234 g/mol. The fourth-order valence-electron chi connectivity index (χ4n) is 1.81. The number of carbonyl (C=O) groups is 1. The molecule has 0 aliphatic heterocycles. The second kappa shape index (κ2) is 4.97. The van der Waals surface area contributed by atoms with E-state index in [1.807, 2.05) is 18.2 Å². The lowest BCUT2D eigenvalue weighted by atomic mass is 10.2. The van der Waals surface area contributed by atoms with Crippen molar-refractivity contribution in [3.63, 3.8) is 0 Å². The Balaban J connectivity index is 2.38. The Hall–Kier alpha value is -1.88. The molecule has 0 saturated heterocycles. The molecule has 1 aromatic heterocycles. The van der Waals surface area contributed by atoms with Crippen molar-refractivity contribution in [2.45, 2.75) is 13.0 Å². The minimum Gasteiger partial charge on any atom is -0.476 e. The normalized spacial score (nSPS) is 10.9. The second-order valence-electron chi connectivity index (χ2n) is 3.74. The molecule has 5 nitrogen and oxygen atoms in total. The lowest BCUT2D eigenvalue weighted by Crippen LogP contribution is -2.05. The third-order valence-corrected chi connectivity index (χ3v) is 2.58. The van der Waals surface area contributed by atoms with E-state index < -0.39 is 5.97 Å². The van der Waals surface area contributed by atoms with Gasteiger partial charge in [0.05, 0.1) is 5.52 Å². The van der Waals surface area contributed by atoms with Crippen molar-refractivity contribution < 1.29 is 14.6 Å². The summed E-state index contributed by atoms with van der Waals surface area (Å²) >= 11 is 0. The van der Waals surface area contributed by atoms with Crippen LogP contribution < -0.4 is 0 Å². The minimum atomic E-state index is -0.994. The molecule has 0 saturated carbocycles. The van der Waals surface area contributed by atoms with Crippen molar-refractivity contribution in [2.75, 3.05) is 13.7 Å². The first kappa shape index (κ1) is 11.6. The van der Waals surface area contributed by atoms with E-state index in [0.29, 0.717) is 18.5 Å². The first-order chi connectivity index (χ1) is 8.24. The summed E-state index contributed by atoms with van der Waals surface area (Å²) in [5.41, 5.74) is 0.957. The Morgan fingerprint density at radius 3 is 2.94 bits per heavy atom. The van der Waals surface area contributed by atoms with Crippen LogP contribution in [0.2, 0.25) is 0 Å². The lowest BCUT2D eigenvalue weighted by molar-refractivity contribution is 0.0691. The number of carboxylic acids is 1. The van der Waals surface area contributed by atoms with Gasteiger partial charge in [-0.3, -0.25) is 4.68 Å². The molecule has 1 aromatic carbocycles. The molecular weight excluding hydrogens is 220 g/mol. The highest BCUT2D eigenvalue weighted by molar-refractivity contribution is 6.01. The van der Waals surface area contributed by atoms with Gasteiger partial charge >= 0.3 is 5.97 Å². The van der Waals surface area contributed by atoms with Crippen molar-refractivity contribution in [3.8, 4) is 0 Å². The summed E-state index contributed by atoms with van der Waals surface area (Å²) in [5.74, 6) is -0.994. The molecular formula is C12H14N2O3. The zero-order valence-electron chi connectivity index (χ0n) is 9.59. The number of aromatic nitrogens is 2. The van der Waals surface area contributed by atoms with E-state index in [-0.39, 0.29) is 5.69 Å². The molecule has 90 valence electrons. The molecule has 0 atom stereocenters. The molecule has 0 aliphatic rings. The van der Waals surface area contributed by atoms with Gasteiger partial charge in [-0.15, -0.1) is 0 Å². The van der Waals surface area contributed by atoms with Gasteiger partial charge in [-0.1, -0.05) is 18.2 Å². The topological polar surface area (TPSA) is 64.4 Å². The number of rotatable bonds is 5. The fraction of sp³-hybridized carbons (Fsp3) is 0.333. The van der Waals surface area contributed by atoms with Gasteiger partial charge in [0.25, 0.3) is 0 Å². The maximum atomic E-state index is 11.1. The number of benzene rings is 1. The number of aromatic carboxylic acids is 1. The predicted molar refractivity (Wildman–Crippen MR) is 63.2 cm³/mol. The second-order valence-corrected chi connectivity index (χ2v) is 3.74. The number of ether oxygens (including phenoxy) is 1. The summed E-state index contributed by atoms with van der Waals surface area (Å²) < 4.78 is 6.69. The highest BCUT2D eigenvalue weighted by Gasteiger charge is 2.15. The number of carboxylic acid groups (broad SMARTS) is 1. The standard InChI is InChI=1S/C12H14N2O3/c1-17-8-4-7-14-10-6-3-2-5-9(10)11(13-14)12(15)16/h2-3,5-6H,4,7-8H2,1H3,(H,15,16). The first-order valence-corrected chi connectivity index (χ1v) is 5.42. The Bertz CT molecular complexity index is 534. The summed E-state index contributed by atoms with van der Waals surface area (Å²) in [6.07, 6.45) is 0.807. The maximum absolute atomic E-state index is 11.1. The number of hydrogen-bond donors (Lipinski definition) is 1. The molecule has 0 bridgehead atoms. The van der Waals surface area contributed by atoms with Crippen LogP contribution in [0.1, 0.15) is 16.9 Å². The Labute approximate surface area is 98.6 Å². The van der Waals surface area contributed by atoms with Gasteiger partial charge in [0, 0.05) is 25.6 Å². The molecule has 0 amide bonds. The van der Waals surface area contributed by atoms with Gasteiger partial charge in [-0.25, -0.2) is 4.79 Å². The Morgan fingerprint density at radius 2 is 2.24 bits per heavy atom. The number of hydrogen-bond acceptors (Lipinski definition) is 3.